The second-order valence-corrected chi connectivity index (χ2v) is 9.79. The normalized spacial score (nSPS) is 14.5. The van der Waals surface area contributed by atoms with E-state index in [9.17, 15) is 13.2 Å². The Labute approximate surface area is 239 Å². The van der Waals surface area contributed by atoms with Crippen molar-refractivity contribution in [2.24, 2.45) is 11.7 Å². The first-order valence-electron chi connectivity index (χ1n) is 13.7. The molecule has 2 aromatic heterocycles. The molecular formula is C29H52F3N5OS. The monoisotopic (exact) mass is 575 g/mol. The summed E-state index contributed by atoms with van der Waals surface area (Å²) in [5, 5.41) is 4.80. The number of allylic oxidation sites excluding steroid dienone is 1. The molecule has 0 saturated heterocycles. The van der Waals surface area contributed by atoms with E-state index in [-0.39, 0.29) is 6.67 Å². The first-order valence-corrected chi connectivity index (χ1v) is 14.5. The van der Waals surface area contributed by atoms with Gasteiger partial charge in [-0.1, -0.05) is 43.3 Å². The van der Waals surface area contributed by atoms with Crippen LogP contribution >= 0.6 is 11.3 Å². The number of fused-ring (bicyclic) bond motifs is 1. The smallest absolute Gasteiger partial charge is 0.223 e. The van der Waals surface area contributed by atoms with Crippen molar-refractivity contribution in [3.8, 4) is 0 Å². The Bertz CT molecular complexity index is 787. The topological polar surface area (TPSA) is 81.1 Å². The lowest BCUT2D eigenvalue weighted by Gasteiger charge is -2.26. The van der Waals surface area contributed by atoms with Crippen LogP contribution in [0.2, 0.25) is 0 Å². The van der Waals surface area contributed by atoms with E-state index in [0.717, 1.165) is 36.7 Å². The highest BCUT2D eigenvalue weighted by molar-refractivity contribution is 7.11. The van der Waals surface area contributed by atoms with Crippen LogP contribution in [0.4, 0.5) is 13.2 Å². The average Bonchev–Trinajstić information content (AvgIpc) is 3.56. The zero-order valence-electron chi connectivity index (χ0n) is 24.7. The third-order valence-corrected chi connectivity index (χ3v) is 7.36. The Morgan fingerprint density at radius 2 is 1.69 bits per heavy atom. The number of thiazole rings is 1. The summed E-state index contributed by atoms with van der Waals surface area (Å²) in [6, 6.07) is 0. The van der Waals surface area contributed by atoms with E-state index in [0.29, 0.717) is 38.9 Å². The lowest BCUT2D eigenvalue weighted by atomic mass is 9.87. The van der Waals surface area contributed by atoms with Crippen molar-refractivity contribution in [3.05, 3.63) is 53.1 Å². The number of nitrogens with zero attached hydrogens (tertiary/aromatic N) is 4. The molecule has 3 heterocycles. The Morgan fingerprint density at radius 1 is 1.05 bits per heavy atom. The van der Waals surface area contributed by atoms with Crippen molar-refractivity contribution >= 4 is 11.3 Å². The summed E-state index contributed by atoms with van der Waals surface area (Å²) < 4.78 is 36.0. The molecule has 1 aliphatic carbocycles. The van der Waals surface area contributed by atoms with Crippen LogP contribution in [0.5, 0.6) is 0 Å². The molecule has 0 aromatic carbocycles. The van der Waals surface area contributed by atoms with E-state index in [4.69, 9.17) is 9.51 Å². The summed E-state index contributed by atoms with van der Waals surface area (Å²) in [6.45, 7) is 14.7. The van der Waals surface area contributed by atoms with Crippen molar-refractivity contribution < 1.29 is 17.7 Å². The van der Waals surface area contributed by atoms with Crippen LogP contribution in [-0.2, 0) is 25.7 Å². The minimum absolute atomic E-state index is 0.223. The van der Waals surface area contributed by atoms with Crippen molar-refractivity contribution in [1.82, 2.24) is 20.0 Å². The largest absolute Gasteiger partial charge is 0.340 e. The molecule has 2 aromatic rings. The third-order valence-electron chi connectivity index (χ3n) is 6.14. The molecular weight excluding hydrogens is 523 g/mol. The fourth-order valence-electron chi connectivity index (χ4n) is 4.41. The number of hydrogen-bond donors (Lipinski definition) is 1. The van der Waals surface area contributed by atoms with Gasteiger partial charge in [0.05, 0.1) is 31.7 Å². The number of nitrogens with two attached hydrogens (primary N) is 1. The maximum Gasteiger partial charge on any atom is 0.223 e. The molecule has 39 heavy (non-hydrogen) atoms. The standard InChI is InChI=1S/C18H29FN2S.C6H8N2O.C2H4.2CH3F.CH5N/c19-11-4-7-18-20-16-9-13-21(14-10-17(16)22-18)12-8-15-5-2-1-3-6-15;1-3-4-6-7-5(2)9-8-6;4*1-2/h15H,1-14H2;3H,1,4H2,2H3;1-2H2;2*1H3;2H2,1H3. The number of halogens is 3. The summed E-state index contributed by atoms with van der Waals surface area (Å²) in [7, 11) is 2.50. The van der Waals surface area contributed by atoms with E-state index in [1.165, 1.54) is 69.2 Å². The van der Waals surface area contributed by atoms with Gasteiger partial charge in [-0.3, -0.25) is 13.2 Å². The molecule has 1 aliphatic heterocycles. The van der Waals surface area contributed by atoms with E-state index >= 15 is 0 Å². The van der Waals surface area contributed by atoms with Crippen LogP contribution in [0.3, 0.4) is 0 Å². The number of aryl methyl sites for hydroxylation is 2. The minimum Gasteiger partial charge on any atom is -0.340 e. The van der Waals surface area contributed by atoms with E-state index < -0.39 is 0 Å². The predicted octanol–water partition coefficient (Wildman–Crippen LogP) is 7.07. The maximum absolute atomic E-state index is 12.3. The molecule has 0 bridgehead atoms. The molecule has 2 N–H and O–H groups in total. The highest BCUT2D eigenvalue weighted by atomic mass is 32.1. The Balaban J connectivity index is 0. The summed E-state index contributed by atoms with van der Waals surface area (Å²) in [5.74, 6) is 2.28. The maximum atomic E-state index is 12.3. The lowest BCUT2D eigenvalue weighted by molar-refractivity contribution is 0.239. The predicted molar refractivity (Wildman–Crippen MR) is 160 cm³/mol. The van der Waals surface area contributed by atoms with Crippen molar-refractivity contribution in [2.45, 2.75) is 77.6 Å². The summed E-state index contributed by atoms with van der Waals surface area (Å²) in [6.07, 6.45) is 14.8. The fourth-order valence-corrected chi connectivity index (χ4v) is 5.55. The summed E-state index contributed by atoms with van der Waals surface area (Å²) >= 11 is 1.83. The first-order chi connectivity index (χ1) is 19.2. The third kappa shape index (κ3) is 17.3. The van der Waals surface area contributed by atoms with Gasteiger partial charge in [0.1, 0.15) is 0 Å². The van der Waals surface area contributed by atoms with Gasteiger partial charge in [-0.15, -0.1) is 31.1 Å². The van der Waals surface area contributed by atoms with Crippen molar-refractivity contribution in [1.29, 1.82) is 0 Å². The zero-order chi connectivity index (χ0) is 29.9. The Hall–Kier alpha value is -2.04. The Kier molecular flexibility index (Phi) is 27.6. The zero-order valence-corrected chi connectivity index (χ0v) is 25.5. The van der Waals surface area contributed by atoms with Gasteiger partial charge in [-0.25, -0.2) is 4.98 Å². The number of hydrogen-bond acceptors (Lipinski definition) is 7. The van der Waals surface area contributed by atoms with E-state index in [1.54, 1.807) is 13.0 Å². The molecule has 10 heteroatoms. The molecule has 2 aliphatic rings. The summed E-state index contributed by atoms with van der Waals surface area (Å²) in [5.41, 5.74) is 5.80. The van der Waals surface area contributed by atoms with Crippen LogP contribution in [0.1, 0.15) is 72.2 Å². The van der Waals surface area contributed by atoms with Crippen LogP contribution < -0.4 is 5.73 Å². The van der Waals surface area contributed by atoms with Gasteiger partial charge in [0.25, 0.3) is 0 Å². The van der Waals surface area contributed by atoms with Gasteiger partial charge in [0.15, 0.2) is 5.82 Å². The molecule has 1 saturated carbocycles. The Morgan fingerprint density at radius 3 is 2.26 bits per heavy atom. The highest BCUT2D eigenvalue weighted by Gasteiger charge is 2.20. The molecule has 0 radical (unpaired) electrons. The molecule has 1 fully saturated rings. The van der Waals surface area contributed by atoms with Gasteiger partial charge in [-0.2, -0.15) is 4.98 Å². The molecule has 0 spiro atoms. The lowest BCUT2D eigenvalue weighted by Crippen LogP contribution is -2.29. The van der Waals surface area contributed by atoms with Crippen LogP contribution in [0.15, 0.2) is 30.3 Å². The van der Waals surface area contributed by atoms with Gasteiger partial charge in [0, 0.05) is 44.2 Å². The number of aromatic nitrogens is 3. The molecule has 226 valence electrons. The van der Waals surface area contributed by atoms with Gasteiger partial charge in [0.2, 0.25) is 5.89 Å². The van der Waals surface area contributed by atoms with Gasteiger partial charge in [-0.05, 0) is 38.8 Å². The fraction of sp³-hybridized carbons (Fsp3) is 0.690. The second-order valence-electron chi connectivity index (χ2n) is 8.63. The van der Waals surface area contributed by atoms with E-state index in [2.05, 4.69) is 40.5 Å². The van der Waals surface area contributed by atoms with Gasteiger partial charge >= 0.3 is 0 Å². The highest BCUT2D eigenvalue weighted by Crippen LogP contribution is 2.28. The second kappa shape index (κ2) is 27.5. The average molecular weight is 576 g/mol. The molecule has 0 amide bonds. The summed E-state index contributed by atoms with van der Waals surface area (Å²) in [4.78, 5) is 12.8. The minimum atomic E-state index is -0.223. The van der Waals surface area contributed by atoms with Crippen LogP contribution in [-0.4, -0.2) is 67.7 Å². The van der Waals surface area contributed by atoms with Crippen molar-refractivity contribution in [3.63, 3.8) is 0 Å². The molecule has 0 unspecified atom stereocenters. The SMILES string of the molecule is C=C.C=CCc1noc(C)n1.CF.CF.CN.FCCCc1nc2c(s1)CCN(CCC1CCCCC1)CC2. The van der Waals surface area contributed by atoms with E-state index in [1.807, 2.05) is 11.3 Å². The molecule has 6 nitrogen and oxygen atoms in total. The van der Waals surface area contributed by atoms with Crippen molar-refractivity contribution in [2.75, 3.05) is 47.7 Å². The molecule has 4 rings (SSSR count). The molecule has 0 atom stereocenters. The first kappa shape index (κ1) is 39.1. The number of rotatable bonds is 8. The van der Waals surface area contributed by atoms with Crippen LogP contribution in [0.25, 0.3) is 0 Å². The van der Waals surface area contributed by atoms with Gasteiger partial charge < -0.3 is 15.2 Å². The van der Waals surface area contributed by atoms with Crippen LogP contribution in [0, 0.1) is 12.8 Å². The quantitative estimate of drug-likeness (QED) is 0.339. The number of alkyl halides is 3.